The molecule has 2 rings (SSSR count). The van der Waals surface area contributed by atoms with E-state index in [0.717, 1.165) is 28.0 Å². The Labute approximate surface area is 131 Å². The second-order valence-electron chi connectivity index (χ2n) is 4.57. The van der Waals surface area contributed by atoms with Gasteiger partial charge in [0.05, 0.1) is 7.05 Å². The van der Waals surface area contributed by atoms with Gasteiger partial charge in [-0.2, -0.15) is 4.80 Å². The number of tetrazole rings is 1. The van der Waals surface area contributed by atoms with Crippen LogP contribution >= 0.6 is 27.5 Å². The second-order valence-corrected chi connectivity index (χ2v) is 5.89. The standard InChI is InChI=1S/C13H17BrClN5/c1-3-6-16-12(8-13-17-19-20(2)18-13)10-5-4-9(14)7-11(10)15/h4-5,7,12,16H,3,6,8H2,1-2H3. The van der Waals surface area contributed by atoms with Crippen molar-refractivity contribution in [2.45, 2.75) is 25.8 Å². The van der Waals surface area contributed by atoms with Gasteiger partial charge in [-0.25, -0.2) is 0 Å². The molecule has 7 heteroatoms. The lowest BCUT2D eigenvalue weighted by Gasteiger charge is -2.19. The van der Waals surface area contributed by atoms with Crippen molar-refractivity contribution in [1.29, 1.82) is 0 Å². The van der Waals surface area contributed by atoms with Gasteiger partial charge in [0.15, 0.2) is 5.82 Å². The molecule has 0 saturated heterocycles. The van der Waals surface area contributed by atoms with Gasteiger partial charge in [0, 0.05) is 22.0 Å². The van der Waals surface area contributed by atoms with Gasteiger partial charge in [-0.05, 0) is 35.9 Å². The molecule has 1 unspecified atom stereocenters. The summed E-state index contributed by atoms with van der Waals surface area (Å²) in [4.78, 5) is 1.47. The summed E-state index contributed by atoms with van der Waals surface area (Å²) in [6.07, 6.45) is 1.72. The first kappa shape index (κ1) is 15.4. The molecule has 1 atom stereocenters. The first-order chi connectivity index (χ1) is 9.60. The van der Waals surface area contributed by atoms with E-state index in [1.165, 1.54) is 4.80 Å². The fraction of sp³-hybridized carbons (Fsp3) is 0.462. The van der Waals surface area contributed by atoms with E-state index in [2.05, 4.69) is 43.6 Å². The quantitative estimate of drug-likeness (QED) is 0.862. The summed E-state index contributed by atoms with van der Waals surface area (Å²) < 4.78 is 0.970. The lowest BCUT2D eigenvalue weighted by atomic mass is 10.0. The summed E-state index contributed by atoms with van der Waals surface area (Å²) in [5.41, 5.74) is 1.05. The topological polar surface area (TPSA) is 55.6 Å². The number of hydrogen-bond acceptors (Lipinski definition) is 4. The molecule has 2 aromatic rings. The third-order valence-electron chi connectivity index (χ3n) is 2.92. The third-order valence-corrected chi connectivity index (χ3v) is 3.74. The van der Waals surface area contributed by atoms with E-state index < -0.39 is 0 Å². The van der Waals surface area contributed by atoms with Crippen LogP contribution in [0.5, 0.6) is 0 Å². The van der Waals surface area contributed by atoms with Crippen molar-refractivity contribution in [3.63, 3.8) is 0 Å². The molecule has 0 spiro atoms. The first-order valence-electron chi connectivity index (χ1n) is 6.51. The smallest absolute Gasteiger partial charge is 0.176 e. The van der Waals surface area contributed by atoms with Crippen molar-refractivity contribution in [3.05, 3.63) is 39.1 Å². The van der Waals surface area contributed by atoms with E-state index in [9.17, 15) is 0 Å². The highest BCUT2D eigenvalue weighted by Gasteiger charge is 2.17. The summed E-state index contributed by atoms with van der Waals surface area (Å²) in [7, 11) is 1.76. The summed E-state index contributed by atoms with van der Waals surface area (Å²) >= 11 is 9.77. The van der Waals surface area contributed by atoms with Gasteiger partial charge in [-0.1, -0.05) is 40.5 Å². The van der Waals surface area contributed by atoms with Crippen LogP contribution in [0.15, 0.2) is 22.7 Å². The van der Waals surface area contributed by atoms with E-state index in [4.69, 9.17) is 11.6 Å². The molecule has 108 valence electrons. The Bertz CT molecular complexity index is 572. The van der Waals surface area contributed by atoms with Crippen LogP contribution in [0.1, 0.15) is 30.8 Å². The van der Waals surface area contributed by atoms with Gasteiger partial charge in [0.1, 0.15) is 0 Å². The Kier molecular flexibility index (Phi) is 5.51. The molecule has 0 radical (unpaired) electrons. The number of nitrogens with one attached hydrogen (secondary N) is 1. The normalized spacial score (nSPS) is 12.6. The lowest BCUT2D eigenvalue weighted by Crippen LogP contribution is -2.25. The molecule has 0 aliphatic heterocycles. The highest BCUT2D eigenvalue weighted by atomic mass is 79.9. The zero-order chi connectivity index (χ0) is 14.5. The van der Waals surface area contributed by atoms with Gasteiger partial charge in [-0.15, -0.1) is 10.2 Å². The second kappa shape index (κ2) is 7.15. The fourth-order valence-corrected chi connectivity index (χ4v) is 2.79. The molecule has 5 nitrogen and oxygen atoms in total. The van der Waals surface area contributed by atoms with Gasteiger partial charge < -0.3 is 5.32 Å². The predicted molar refractivity (Wildman–Crippen MR) is 82.7 cm³/mol. The van der Waals surface area contributed by atoms with Crippen molar-refractivity contribution in [2.24, 2.45) is 7.05 Å². The minimum atomic E-state index is 0.0831. The number of benzene rings is 1. The molecular formula is C13H17BrClN5. The van der Waals surface area contributed by atoms with Gasteiger partial charge in [0.2, 0.25) is 0 Å². The van der Waals surface area contributed by atoms with Crippen LogP contribution in [0, 0.1) is 0 Å². The Morgan fingerprint density at radius 3 is 2.85 bits per heavy atom. The lowest BCUT2D eigenvalue weighted by molar-refractivity contribution is 0.517. The molecule has 1 N–H and O–H groups in total. The maximum Gasteiger partial charge on any atom is 0.176 e. The van der Waals surface area contributed by atoms with Crippen LogP contribution in [-0.2, 0) is 13.5 Å². The maximum atomic E-state index is 6.34. The van der Waals surface area contributed by atoms with Crippen molar-refractivity contribution < 1.29 is 0 Å². The van der Waals surface area contributed by atoms with E-state index in [0.29, 0.717) is 12.2 Å². The summed E-state index contributed by atoms with van der Waals surface area (Å²) in [6, 6.07) is 6.00. The molecule has 1 aromatic heterocycles. The van der Waals surface area contributed by atoms with Crippen LogP contribution in [-0.4, -0.2) is 26.8 Å². The number of halogens is 2. The molecule has 20 heavy (non-hydrogen) atoms. The minimum Gasteiger partial charge on any atom is -0.310 e. The zero-order valence-electron chi connectivity index (χ0n) is 11.5. The molecule has 0 aliphatic rings. The first-order valence-corrected chi connectivity index (χ1v) is 7.68. The Balaban J connectivity index is 2.22. The van der Waals surface area contributed by atoms with Gasteiger partial charge in [0.25, 0.3) is 0 Å². The maximum absolute atomic E-state index is 6.34. The monoisotopic (exact) mass is 357 g/mol. The van der Waals surface area contributed by atoms with Crippen LogP contribution < -0.4 is 5.32 Å². The SMILES string of the molecule is CCCNC(Cc1nnn(C)n1)c1ccc(Br)cc1Cl. The Morgan fingerprint density at radius 1 is 1.45 bits per heavy atom. The average molecular weight is 359 g/mol. The molecule has 1 heterocycles. The number of nitrogens with zero attached hydrogens (tertiary/aromatic N) is 4. The van der Waals surface area contributed by atoms with Crippen molar-refractivity contribution in [2.75, 3.05) is 6.54 Å². The molecular weight excluding hydrogens is 342 g/mol. The van der Waals surface area contributed by atoms with Crippen LogP contribution in [0.3, 0.4) is 0 Å². The summed E-state index contributed by atoms with van der Waals surface area (Å²) in [5.74, 6) is 0.708. The van der Waals surface area contributed by atoms with Gasteiger partial charge >= 0.3 is 0 Å². The van der Waals surface area contributed by atoms with Crippen LogP contribution in [0.25, 0.3) is 0 Å². The predicted octanol–water partition coefficient (Wildman–Crippen LogP) is 2.91. The highest BCUT2D eigenvalue weighted by molar-refractivity contribution is 9.10. The number of hydrogen-bond donors (Lipinski definition) is 1. The van der Waals surface area contributed by atoms with Crippen molar-refractivity contribution in [1.82, 2.24) is 25.5 Å². The van der Waals surface area contributed by atoms with E-state index in [-0.39, 0.29) is 6.04 Å². The Morgan fingerprint density at radius 2 is 2.25 bits per heavy atom. The number of aromatic nitrogens is 4. The van der Waals surface area contributed by atoms with Crippen molar-refractivity contribution >= 4 is 27.5 Å². The minimum absolute atomic E-state index is 0.0831. The van der Waals surface area contributed by atoms with Gasteiger partial charge in [-0.3, -0.25) is 0 Å². The zero-order valence-corrected chi connectivity index (χ0v) is 13.8. The highest BCUT2D eigenvalue weighted by Crippen LogP contribution is 2.28. The molecule has 0 amide bonds. The van der Waals surface area contributed by atoms with Crippen LogP contribution in [0.2, 0.25) is 5.02 Å². The largest absolute Gasteiger partial charge is 0.310 e. The van der Waals surface area contributed by atoms with Crippen LogP contribution in [0.4, 0.5) is 0 Å². The molecule has 0 aliphatic carbocycles. The third kappa shape index (κ3) is 4.01. The number of aryl methyl sites for hydroxylation is 1. The number of rotatable bonds is 6. The average Bonchev–Trinajstić information content (AvgIpc) is 2.80. The Hall–Kier alpha value is -0.980. The molecule has 1 aromatic carbocycles. The fourth-order valence-electron chi connectivity index (χ4n) is 1.98. The molecule has 0 saturated carbocycles. The molecule has 0 bridgehead atoms. The van der Waals surface area contributed by atoms with E-state index in [1.54, 1.807) is 7.05 Å². The summed E-state index contributed by atoms with van der Waals surface area (Å²) in [5, 5.41) is 16.4. The molecule has 0 fully saturated rings. The summed E-state index contributed by atoms with van der Waals surface area (Å²) in [6.45, 7) is 3.05. The van der Waals surface area contributed by atoms with Crippen molar-refractivity contribution in [3.8, 4) is 0 Å². The van der Waals surface area contributed by atoms with E-state index >= 15 is 0 Å². The van der Waals surface area contributed by atoms with E-state index in [1.807, 2.05) is 18.2 Å².